The highest BCUT2D eigenvalue weighted by Gasteiger charge is 2.25. The minimum atomic E-state index is 0.183. The van der Waals surface area contributed by atoms with Crippen molar-refractivity contribution >= 4 is 17.2 Å². The molecule has 0 unspecified atom stereocenters. The SMILES string of the molecule is C[C@@H]1CCCC[C@@H]1NC(=O)c1csc2c1CCCCC2. The summed E-state index contributed by atoms with van der Waals surface area (Å²) in [6, 6.07) is 0.387. The van der Waals surface area contributed by atoms with Crippen LogP contribution < -0.4 is 5.32 Å². The lowest BCUT2D eigenvalue weighted by Crippen LogP contribution is -2.41. The van der Waals surface area contributed by atoms with Crippen molar-refractivity contribution in [3.8, 4) is 0 Å². The van der Waals surface area contributed by atoms with Gasteiger partial charge in [0, 0.05) is 16.3 Å². The highest BCUT2D eigenvalue weighted by molar-refractivity contribution is 7.10. The van der Waals surface area contributed by atoms with Crippen LogP contribution in [-0.4, -0.2) is 11.9 Å². The van der Waals surface area contributed by atoms with Crippen LogP contribution in [0.1, 0.15) is 72.7 Å². The largest absolute Gasteiger partial charge is 0.349 e. The summed E-state index contributed by atoms with van der Waals surface area (Å²) in [6.07, 6.45) is 11.1. The Balaban J connectivity index is 1.72. The number of hydrogen-bond acceptors (Lipinski definition) is 2. The van der Waals surface area contributed by atoms with E-state index >= 15 is 0 Å². The molecule has 0 radical (unpaired) electrons. The number of fused-ring (bicyclic) bond motifs is 1. The van der Waals surface area contributed by atoms with Crippen LogP contribution in [0.15, 0.2) is 5.38 Å². The Labute approximate surface area is 126 Å². The van der Waals surface area contributed by atoms with Crippen LogP contribution in [0.2, 0.25) is 0 Å². The highest BCUT2D eigenvalue weighted by atomic mass is 32.1. The van der Waals surface area contributed by atoms with Gasteiger partial charge in [0.2, 0.25) is 0 Å². The molecule has 0 spiro atoms. The fourth-order valence-electron chi connectivity index (χ4n) is 3.64. The molecular weight excluding hydrogens is 266 g/mol. The zero-order chi connectivity index (χ0) is 13.9. The quantitative estimate of drug-likeness (QED) is 0.808. The molecule has 110 valence electrons. The summed E-state index contributed by atoms with van der Waals surface area (Å²) >= 11 is 1.80. The summed E-state index contributed by atoms with van der Waals surface area (Å²) in [5.74, 6) is 0.813. The predicted molar refractivity (Wildman–Crippen MR) is 84.5 cm³/mol. The molecule has 1 N–H and O–H groups in total. The summed E-state index contributed by atoms with van der Waals surface area (Å²) in [7, 11) is 0. The predicted octanol–water partition coefficient (Wildman–Crippen LogP) is 4.33. The van der Waals surface area contributed by atoms with E-state index in [4.69, 9.17) is 0 Å². The summed E-state index contributed by atoms with van der Waals surface area (Å²) in [4.78, 5) is 14.1. The lowest BCUT2D eigenvalue weighted by Gasteiger charge is -2.29. The third-order valence-electron chi connectivity index (χ3n) is 4.98. The Kier molecular flexibility index (Phi) is 4.45. The summed E-state index contributed by atoms with van der Waals surface area (Å²) in [5, 5.41) is 5.41. The molecule has 1 fully saturated rings. The molecule has 2 aliphatic carbocycles. The van der Waals surface area contributed by atoms with Gasteiger partial charge in [-0.25, -0.2) is 0 Å². The van der Waals surface area contributed by atoms with E-state index in [0.717, 1.165) is 18.4 Å². The second-order valence-corrected chi connectivity index (χ2v) is 7.42. The van der Waals surface area contributed by atoms with Crippen LogP contribution >= 0.6 is 11.3 Å². The zero-order valence-electron chi connectivity index (χ0n) is 12.4. The van der Waals surface area contributed by atoms with Crippen LogP contribution in [-0.2, 0) is 12.8 Å². The van der Waals surface area contributed by atoms with Crippen molar-refractivity contribution < 1.29 is 4.79 Å². The number of amides is 1. The van der Waals surface area contributed by atoms with E-state index < -0.39 is 0 Å². The van der Waals surface area contributed by atoms with Crippen molar-refractivity contribution in [2.45, 2.75) is 70.8 Å². The molecule has 1 aromatic rings. The van der Waals surface area contributed by atoms with Gasteiger partial charge in [-0.15, -0.1) is 11.3 Å². The average molecular weight is 291 g/mol. The number of nitrogens with one attached hydrogen (secondary N) is 1. The fourth-order valence-corrected chi connectivity index (χ4v) is 4.76. The minimum Gasteiger partial charge on any atom is -0.349 e. The smallest absolute Gasteiger partial charge is 0.252 e. The number of carbonyl (C=O) groups excluding carboxylic acids is 1. The van der Waals surface area contributed by atoms with Gasteiger partial charge >= 0.3 is 0 Å². The lowest BCUT2D eigenvalue weighted by atomic mass is 9.86. The van der Waals surface area contributed by atoms with Crippen molar-refractivity contribution in [1.29, 1.82) is 0 Å². The molecule has 0 saturated heterocycles. The van der Waals surface area contributed by atoms with E-state index in [9.17, 15) is 4.79 Å². The van der Waals surface area contributed by atoms with Crippen LogP contribution in [0.25, 0.3) is 0 Å². The molecule has 3 rings (SSSR count). The van der Waals surface area contributed by atoms with Crippen LogP contribution in [0.3, 0.4) is 0 Å². The van der Waals surface area contributed by atoms with Gasteiger partial charge in [-0.3, -0.25) is 4.79 Å². The Morgan fingerprint density at radius 1 is 1.15 bits per heavy atom. The molecule has 2 aliphatic rings. The maximum Gasteiger partial charge on any atom is 0.252 e. The van der Waals surface area contributed by atoms with Crippen molar-refractivity contribution in [2.24, 2.45) is 5.92 Å². The minimum absolute atomic E-state index is 0.183. The molecule has 1 saturated carbocycles. The maximum atomic E-state index is 12.6. The van der Waals surface area contributed by atoms with Gasteiger partial charge in [-0.05, 0) is 50.0 Å². The number of carbonyl (C=O) groups is 1. The molecule has 3 heteroatoms. The first-order valence-corrected chi connectivity index (χ1v) is 9.04. The van der Waals surface area contributed by atoms with E-state index in [1.165, 1.54) is 55.4 Å². The fraction of sp³-hybridized carbons (Fsp3) is 0.706. The van der Waals surface area contributed by atoms with Gasteiger partial charge < -0.3 is 5.32 Å². The second kappa shape index (κ2) is 6.30. The van der Waals surface area contributed by atoms with Crippen molar-refractivity contribution in [3.63, 3.8) is 0 Å². The lowest BCUT2D eigenvalue weighted by molar-refractivity contribution is 0.0910. The third kappa shape index (κ3) is 2.93. The second-order valence-electron chi connectivity index (χ2n) is 6.45. The van der Waals surface area contributed by atoms with Crippen molar-refractivity contribution in [1.82, 2.24) is 5.32 Å². The summed E-state index contributed by atoms with van der Waals surface area (Å²) < 4.78 is 0. The first-order valence-electron chi connectivity index (χ1n) is 8.16. The molecule has 1 heterocycles. The topological polar surface area (TPSA) is 29.1 Å². The molecule has 0 bridgehead atoms. The number of rotatable bonds is 2. The first kappa shape index (κ1) is 14.1. The number of hydrogen-bond donors (Lipinski definition) is 1. The third-order valence-corrected chi connectivity index (χ3v) is 6.07. The van der Waals surface area contributed by atoms with Crippen molar-refractivity contribution in [3.05, 3.63) is 21.4 Å². The van der Waals surface area contributed by atoms with E-state index in [1.807, 2.05) is 0 Å². The normalized spacial score (nSPS) is 26.6. The molecule has 2 nitrogen and oxygen atoms in total. The van der Waals surface area contributed by atoms with Gasteiger partial charge in [0.15, 0.2) is 0 Å². The maximum absolute atomic E-state index is 12.6. The van der Waals surface area contributed by atoms with E-state index in [2.05, 4.69) is 17.6 Å². The van der Waals surface area contributed by atoms with Gasteiger partial charge in [-0.1, -0.05) is 26.2 Å². The highest BCUT2D eigenvalue weighted by Crippen LogP contribution is 2.30. The van der Waals surface area contributed by atoms with E-state index in [0.29, 0.717) is 12.0 Å². The number of aryl methyl sites for hydroxylation is 1. The summed E-state index contributed by atoms with van der Waals surface area (Å²) in [6.45, 7) is 2.28. The Hall–Kier alpha value is -0.830. The molecule has 0 aliphatic heterocycles. The molecule has 0 aromatic carbocycles. The molecule has 1 aromatic heterocycles. The van der Waals surface area contributed by atoms with Gasteiger partial charge in [0.1, 0.15) is 0 Å². The van der Waals surface area contributed by atoms with Gasteiger partial charge in [0.25, 0.3) is 5.91 Å². The molecular formula is C17H25NOS. The first-order chi connectivity index (χ1) is 9.75. The van der Waals surface area contributed by atoms with E-state index in [-0.39, 0.29) is 5.91 Å². The van der Waals surface area contributed by atoms with Gasteiger partial charge in [0.05, 0.1) is 5.56 Å². The van der Waals surface area contributed by atoms with Crippen LogP contribution in [0.4, 0.5) is 0 Å². The number of thiophene rings is 1. The van der Waals surface area contributed by atoms with Crippen molar-refractivity contribution in [2.75, 3.05) is 0 Å². The average Bonchev–Trinajstić information content (AvgIpc) is 2.71. The molecule has 2 atom stereocenters. The monoisotopic (exact) mass is 291 g/mol. The Bertz CT molecular complexity index is 479. The molecule has 20 heavy (non-hydrogen) atoms. The van der Waals surface area contributed by atoms with E-state index in [1.54, 1.807) is 11.3 Å². The Morgan fingerprint density at radius 2 is 1.95 bits per heavy atom. The van der Waals surface area contributed by atoms with Crippen LogP contribution in [0, 0.1) is 5.92 Å². The van der Waals surface area contributed by atoms with Gasteiger partial charge in [-0.2, -0.15) is 0 Å². The van der Waals surface area contributed by atoms with Crippen LogP contribution in [0.5, 0.6) is 0 Å². The zero-order valence-corrected chi connectivity index (χ0v) is 13.2. The Morgan fingerprint density at radius 3 is 2.80 bits per heavy atom. The summed E-state index contributed by atoms with van der Waals surface area (Å²) in [5.41, 5.74) is 2.33. The standard InChI is InChI=1S/C17H25NOS/c1-12-7-5-6-9-15(12)18-17(19)14-11-20-16-10-4-2-3-8-13(14)16/h11-12,15H,2-10H2,1H3,(H,18,19)/t12-,15+/m1/s1. The molecule has 1 amide bonds.